The van der Waals surface area contributed by atoms with Crippen LogP contribution in [0, 0.1) is 10.1 Å². The van der Waals surface area contributed by atoms with E-state index in [1.165, 1.54) is 18.2 Å². The second kappa shape index (κ2) is 8.52. The SMILES string of the molecule is O=C(/C=C/c1ccc(O)cc1)OCCCCO[N+](=O)[O-]. The zero-order valence-corrected chi connectivity index (χ0v) is 10.7. The second-order valence-electron chi connectivity index (χ2n) is 3.86. The van der Waals surface area contributed by atoms with E-state index >= 15 is 0 Å². The molecule has 0 atom stereocenters. The maximum Gasteiger partial charge on any atom is 0.330 e. The van der Waals surface area contributed by atoms with Crippen molar-refractivity contribution in [2.75, 3.05) is 13.2 Å². The Hall–Kier alpha value is -2.57. The summed E-state index contributed by atoms with van der Waals surface area (Å²) in [5.41, 5.74) is 0.763. The van der Waals surface area contributed by atoms with E-state index in [-0.39, 0.29) is 19.0 Å². The number of carbonyl (C=O) groups excluding carboxylic acids is 1. The molecule has 0 saturated carbocycles. The van der Waals surface area contributed by atoms with Crippen molar-refractivity contribution < 1.29 is 24.6 Å². The fourth-order valence-electron chi connectivity index (χ4n) is 1.31. The van der Waals surface area contributed by atoms with Gasteiger partial charge in [0.05, 0.1) is 13.2 Å². The molecule has 0 aliphatic heterocycles. The molecule has 1 aromatic carbocycles. The number of phenolic OH excluding ortho intramolecular Hbond substituents is 1. The number of phenols is 1. The minimum absolute atomic E-state index is 0.00605. The van der Waals surface area contributed by atoms with Crippen molar-refractivity contribution in [3.63, 3.8) is 0 Å². The first kappa shape index (κ1) is 15.5. The Morgan fingerprint density at radius 3 is 2.55 bits per heavy atom. The second-order valence-corrected chi connectivity index (χ2v) is 3.86. The highest BCUT2D eigenvalue weighted by atomic mass is 16.9. The van der Waals surface area contributed by atoms with E-state index in [2.05, 4.69) is 4.84 Å². The minimum Gasteiger partial charge on any atom is -0.508 e. The number of benzene rings is 1. The van der Waals surface area contributed by atoms with Crippen LogP contribution in [-0.4, -0.2) is 29.4 Å². The molecule has 0 unspecified atom stereocenters. The van der Waals surface area contributed by atoms with E-state index in [9.17, 15) is 14.9 Å². The smallest absolute Gasteiger partial charge is 0.330 e. The number of carbonyl (C=O) groups is 1. The van der Waals surface area contributed by atoms with Crippen LogP contribution >= 0.6 is 0 Å². The molecule has 7 nitrogen and oxygen atoms in total. The summed E-state index contributed by atoms with van der Waals surface area (Å²) in [5, 5.41) is 18.1. The average Bonchev–Trinajstić information content (AvgIpc) is 2.41. The van der Waals surface area contributed by atoms with E-state index in [1.807, 2.05) is 0 Å². The molecular weight excluding hydrogens is 266 g/mol. The Balaban J connectivity index is 2.17. The van der Waals surface area contributed by atoms with Gasteiger partial charge in [0.15, 0.2) is 0 Å². The maximum absolute atomic E-state index is 11.3. The predicted octanol–water partition coefficient (Wildman–Crippen LogP) is 1.94. The molecule has 1 N–H and O–H groups in total. The summed E-state index contributed by atoms with van der Waals surface area (Å²) >= 11 is 0. The largest absolute Gasteiger partial charge is 0.508 e. The van der Waals surface area contributed by atoms with Crippen molar-refractivity contribution in [2.24, 2.45) is 0 Å². The molecule has 0 heterocycles. The maximum atomic E-state index is 11.3. The highest BCUT2D eigenvalue weighted by molar-refractivity contribution is 5.87. The van der Waals surface area contributed by atoms with Crippen LogP contribution in [0.3, 0.4) is 0 Å². The van der Waals surface area contributed by atoms with Gasteiger partial charge in [0.25, 0.3) is 5.09 Å². The molecule has 0 fully saturated rings. The van der Waals surface area contributed by atoms with Crippen LogP contribution in [0.1, 0.15) is 18.4 Å². The standard InChI is InChI=1S/C13H15NO6/c15-12-6-3-11(4-7-12)5-8-13(16)19-9-1-2-10-20-14(17)18/h3-8,15H,1-2,9-10H2/b8-5+. The minimum atomic E-state index is -0.855. The van der Waals surface area contributed by atoms with Gasteiger partial charge < -0.3 is 14.7 Å². The summed E-state index contributed by atoms with van der Waals surface area (Å²) in [5.74, 6) is -0.338. The van der Waals surface area contributed by atoms with Gasteiger partial charge in [0.1, 0.15) is 5.75 Å². The molecule has 1 rings (SSSR count). The fourth-order valence-corrected chi connectivity index (χ4v) is 1.31. The van der Waals surface area contributed by atoms with Crippen molar-refractivity contribution in [3.05, 3.63) is 46.0 Å². The molecule has 1 aromatic rings. The third kappa shape index (κ3) is 7.00. The number of unbranched alkanes of at least 4 members (excludes halogenated alkanes) is 1. The van der Waals surface area contributed by atoms with Crippen LogP contribution < -0.4 is 0 Å². The normalized spacial score (nSPS) is 10.4. The Kier molecular flexibility index (Phi) is 6.60. The highest BCUT2D eigenvalue weighted by Gasteiger charge is 1.98. The van der Waals surface area contributed by atoms with Crippen LogP contribution in [0.4, 0.5) is 0 Å². The Morgan fingerprint density at radius 1 is 1.25 bits per heavy atom. The lowest BCUT2D eigenvalue weighted by atomic mass is 10.2. The number of hydrogen-bond donors (Lipinski definition) is 1. The zero-order chi connectivity index (χ0) is 14.8. The Bertz CT molecular complexity index is 468. The molecule has 108 valence electrons. The summed E-state index contributed by atoms with van der Waals surface area (Å²) in [6, 6.07) is 6.35. The van der Waals surface area contributed by atoms with Crippen molar-refractivity contribution in [3.8, 4) is 5.75 Å². The van der Waals surface area contributed by atoms with Gasteiger partial charge in [-0.3, -0.25) is 0 Å². The topological polar surface area (TPSA) is 98.9 Å². The third-order valence-electron chi connectivity index (χ3n) is 2.28. The molecule has 7 heteroatoms. The van der Waals surface area contributed by atoms with E-state index in [4.69, 9.17) is 9.84 Å². The molecule has 0 bridgehead atoms. The van der Waals surface area contributed by atoms with Gasteiger partial charge >= 0.3 is 5.97 Å². The van der Waals surface area contributed by atoms with Crippen molar-refractivity contribution >= 4 is 12.0 Å². The van der Waals surface area contributed by atoms with Gasteiger partial charge in [-0.05, 0) is 36.6 Å². The third-order valence-corrected chi connectivity index (χ3v) is 2.28. The first-order valence-corrected chi connectivity index (χ1v) is 5.99. The van der Waals surface area contributed by atoms with Crippen LogP contribution in [0.25, 0.3) is 6.08 Å². The molecule has 0 aliphatic rings. The fraction of sp³-hybridized carbons (Fsp3) is 0.308. The molecule has 20 heavy (non-hydrogen) atoms. The van der Waals surface area contributed by atoms with Gasteiger partial charge in [-0.25, -0.2) is 4.79 Å². The summed E-state index contributed by atoms with van der Waals surface area (Å²) in [6.07, 6.45) is 3.78. The molecule has 0 spiro atoms. The molecule has 0 saturated heterocycles. The lowest BCUT2D eigenvalue weighted by molar-refractivity contribution is -0.757. The number of nitrogens with zero attached hydrogens (tertiary/aromatic N) is 1. The van der Waals surface area contributed by atoms with Gasteiger partial charge in [-0.15, -0.1) is 10.1 Å². The van der Waals surface area contributed by atoms with E-state index in [1.54, 1.807) is 18.2 Å². The van der Waals surface area contributed by atoms with Crippen LogP contribution in [-0.2, 0) is 14.4 Å². The molecule has 0 aliphatic carbocycles. The first-order chi connectivity index (χ1) is 9.58. The highest BCUT2D eigenvalue weighted by Crippen LogP contribution is 2.10. The summed E-state index contributed by atoms with van der Waals surface area (Å²) in [6.45, 7) is 0.174. The Morgan fingerprint density at radius 2 is 1.90 bits per heavy atom. The number of ether oxygens (including phenoxy) is 1. The lowest BCUT2D eigenvalue weighted by Gasteiger charge is -2.01. The monoisotopic (exact) mass is 281 g/mol. The molecular formula is C13H15NO6. The van der Waals surface area contributed by atoms with Gasteiger partial charge in [0.2, 0.25) is 0 Å². The van der Waals surface area contributed by atoms with E-state index < -0.39 is 11.1 Å². The van der Waals surface area contributed by atoms with Crippen molar-refractivity contribution in [2.45, 2.75) is 12.8 Å². The van der Waals surface area contributed by atoms with Crippen molar-refractivity contribution in [1.82, 2.24) is 0 Å². The number of aromatic hydroxyl groups is 1. The van der Waals surface area contributed by atoms with Gasteiger partial charge in [0, 0.05) is 6.08 Å². The van der Waals surface area contributed by atoms with Gasteiger partial charge in [-0.1, -0.05) is 12.1 Å². The number of esters is 1. The Labute approximate surface area is 115 Å². The van der Waals surface area contributed by atoms with Crippen LogP contribution in [0.15, 0.2) is 30.3 Å². The van der Waals surface area contributed by atoms with E-state index in [0.717, 1.165) is 5.56 Å². The van der Waals surface area contributed by atoms with Crippen molar-refractivity contribution in [1.29, 1.82) is 0 Å². The molecule has 0 aromatic heterocycles. The first-order valence-electron chi connectivity index (χ1n) is 5.99. The zero-order valence-electron chi connectivity index (χ0n) is 10.7. The van der Waals surface area contributed by atoms with Gasteiger partial charge in [-0.2, -0.15) is 0 Å². The molecule has 0 radical (unpaired) electrons. The quantitative estimate of drug-likeness (QED) is 0.257. The summed E-state index contributed by atoms with van der Waals surface area (Å²) in [7, 11) is 0. The predicted molar refractivity (Wildman–Crippen MR) is 70.3 cm³/mol. The van der Waals surface area contributed by atoms with Crippen LogP contribution in [0.5, 0.6) is 5.75 Å². The molecule has 0 amide bonds. The lowest BCUT2D eigenvalue weighted by Crippen LogP contribution is -2.05. The number of hydrogen-bond acceptors (Lipinski definition) is 6. The summed E-state index contributed by atoms with van der Waals surface area (Å²) in [4.78, 5) is 25.3. The van der Waals surface area contributed by atoms with Crippen LogP contribution in [0.2, 0.25) is 0 Å². The summed E-state index contributed by atoms with van der Waals surface area (Å²) < 4.78 is 4.89. The van der Waals surface area contributed by atoms with E-state index in [0.29, 0.717) is 12.8 Å². The average molecular weight is 281 g/mol. The number of rotatable bonds is 8.